The first-order valence-electron chi connectivity index (χ1n) is 3.60. The molecular formula is C6H7N3O5. The number of H-pyrrole nitrogens is 1. The van der Waals surface area contributed by atoms with Crippen LogP contribution >= 0.6 is 0 Å². The molecule has 1 aromatic heterocycles. The highest BCUT2D eigenvalue weighted by molar-refractivity contribution is 5.67. The van der Waals surface area contributed by atoms with Crippen molar-refractivity contribution in [3.05, 3.63) is 21.9 Å². The first-order valence-corrected chi connectivity index (χ1v) is 3.60. The van der Waals surface area contributed by atoms with Gasteiger partial charge in [-0.25, -0.2) is 0 Å². The molecule has 1 atom stereocenters. The van der Waals surface area contributed by atoms with Crippen molar-refractivity contribution < 1.29 is 19.9 Å². The van der Waals surface area contributed by atoms with Gasteiger partial charge in [0.15, 0.2) is 0 Å². The van der Waals surface area contributed by atoms with Gasteiger partial charge in [-0.05, 0) is 4.92 Å². The van der Waals surface area contributed by atoms with E-state index in [1.165, 1.54) is 0 Å². The van der Waals surface area contributed by atoms with E-state index >= 15 is 0 Å². The third-order valence-corrected chi connectivity index (χ3v) is 1.49. The molecule has 76 valence electrons. The Morgan fingerprint density at radius 2 is 2.43 bits per heavy atom. The van der Waals surface area contributed by atoms with Gasteiger partial charge in [0.25, 0.3) is 0 Å². The molecule has 0 saturated carbocycles. The molecule has 0 spiro atoms. The van der Waals surface area contributed by atoms with Crippen LogP contribution in [0.5, 0.6) is 0 Å². The topological polar surface area (TPSA) is 129 Å². The molecule has 0 aromatic carbocycles. The molecule has 0 aliphatic heterocycles. The van der Waals surface area contributed by atoms with Gasteiger partial charge in [-0.1, -0.05) is 5.10 Å². The number of aliphatic hydroxyl groups excluding tert-OH is 1. The molecule has 14 heavy (non-hydrogen) atoms. The zero-order valence-electron chi connectivity index (χ0n) is 6.88. The zero-order valence-corrected chi connectivity index (χ0v) is 6.88. The van der Waals surface area contributed by atoms with Crippen molar-refractivity contribution in [2.45, 2.75) is 12.5 Å². The Bertz CT molecular complexity index is 360. The summed E-state index contributed by atoms with van der Waals surface area (Å²) in [7, 11) is 0. The van der Waals surface area contributed by atoms with Gasteiger partial charge in [0.2, 0.25) is 0 Å². The number of aromatic nitrogens is 2. The number of hydrogen-bond donors (Lipinski definition) is 3. The highest BCUT2D eigenvalue weighted by Crippen LogP contribution is 2.17. The Morgan fingerprint density at radius 3 is 2.86 bits per heavy atom. The monoisotopic (exact) mass is 201 g/mol. The van der Waals surface area contributed by atoms with Crippen LogP contribution in [-0.2, 0) is 4.79 Å². The number of aromatic amines is 1. The van der Waals surface area contributed by atoms with E-state index in [2.05, 4.69) is 10.2 Å². The SMILES string of the molecule is O=C(O)C[C@@H](O)c1cc([N+](=O)[O-])[nH]n1. The van der Waals surface area contributed by atoms with E-state index < -0.39 is 23.4 Å². The molecule has 0 unspecified atom stereocenters. The predicted octanol–water partition coefficient (Wildman–Crippen LogP) is -0.174. The van der Waals surface area contributed by atoms with Crippen LogP contribution in [-0.4, -0.2) is 31.3 Å². The maximum atomic E-state index is 10.2. The van der Waals surface area contributed by atoms with E-state index in [9.17, 15) is 20.0 Å². The van der Waals surface area contributed by atoms with Crippen LogP contribution in [0.1, 0.15) is 18.2 Å². The number of nitrogens with zero attached hydrogens (tertiary/aromatic N) is 2. The average molecular weight is 201 g/mol. The first kappa shape index (κ1) is 10.1. The number of carbonyl (C=O) groups is 1. The standard InChI is InChI=1S/C6H7N3O5/c10-4(2-6(11)12)3-1-5(8-7-3)9(13)14/h1,4,10H,2H2,(H,7,8)(H,11,12)/t4-/m1/s1. The lowest BCUT2D eigenvalue weighted by Crippen LogP contribution is -2.05. The van der Waals surface area contributed by atoms with Crippen molar-refractivity contribution in [1.29, 1.82) is 0 Å². The van der Waals surface area contributed by atoms with E-state index in [4.69, 9.17) is 5.11 Å². The number of nitrogens with one attached hydrogen (secondary N) is 1. The summed E-state index contributed by atoms with van der Waals surface area (Å²) in [6.45, 7) is 0. The number of rotatable bonds is 4. The fraction of sp³-hybridized carbons (Fsp3) is 0.333. The second-order valence-electron chi connectivity index (χ2n) is 2.55. The van der Waals surface area contributed by atoms with E-state index in [-0.39, 0.29) is 11.5 Å². The molecule has 0 aliphatic rings. The summed E-state index contributed by atoms with van der Waals surface area (Å²) in [5, 5.41) is 33.2. The van der Waals surface area contributed by atoms with E-state index in [0.29, 0.717) is 0 Å². The summed E-state index contributed by atoms with van der Waals surface area (Å²) in [6.07, 6.45) is -1.88. The number of carboxylic acids is 1. The average Bonchev–Trinajstić information content (AvgIpc) is 2.50. The Balaban J connectivity index is 2.76. The maximum absolute atomic E-state index is 10.2. The van der Waals surface area contributed by atoms with Crippen molar-refractivity contribution in [3.63, 3.8) is 0 Å². The molecule has 3 N–H and O–H groups in total. The molecule has 0 saturated heterocycles. The second-order valence-corrected chi connectivity index (χ2v) is 2.55. The Kier molecular flexibility index (Phi) is 2.77. The molecule has 1 heterocycles. The highest BCUT2D eigenvalue weighted by Gasteiger charge is 2.19. The van der Waals surface area contributed by atoms with Gasteiger partial charge in [-0.2, -0.15) is 0 Å². The van der Waals surface area contributed by atoms with Gasteiger partial charge in [0, 0.05) is 0 Å². The quantitative estimate of drug-likeness (QED) is 0.457. The summed E-state index contributed by atoms with van der Waals surface area (Å²) in [4.78, 5) is 19.7. The smallest absolute Gasteiger partial charge is 0.342 e. The highest BCUT2D eigenvalue weighted by atomic mass is 16.6. The van der Waals surface area contributed by atoms with Crippen molar-refractivity contribution in [2.75, 3.05) is 0 Å². The Labute approximate surface area is 77.3 Å². The van der Waals surface area contributed by atoms with Crippen molar-refractivity contribution in [2.24, 2.45) is 0 Å². The second kappa shape index (κ2) is 3.83. The largest absolute Gasteiger partial charge is 0.481 e. The molecule has 0 fully saturated rings. The fourth-order valence-electron chi connectivity index (χ4n) is 0.861. The zero-order chi connectivity index (χ0) is 10.7. The lowest BCUT2D eigenvalue weighted by Gasteiger charge is -2.00. The third kappa shape index (κ3) is 2.26. The van der Waals surface area contributed by atoms with E-state index in [1.54, 1.807) is 0 Å². The van der Waals surface area contributed by atoms with Gasteiger partial charge in [0.05, 0.1) is 12.5 Å². The number of hydrogen-bond acceptors (Lipinski definition) is 5. The minimum absolute atomic E-state index is 0.0564. The summed E-state index contributed by atoms with van der Waals surface area (Å²) >= 11 is 0. The van der Waals surface area contributed by atoms with Crippen LogP contribution in [0.25, 0.3) is 0 Å². The number of nitro groups is 1. The molecule has 1 rings (SSSR count). The Morgan fingerprint density at radius 1 is 1.79 bits per heavy atom. The molecule has 1 aromatic rings. The van der Waals surface area contributed by atoms with Crippen LogP contribution in [0, 0.1) is 10.1 Å². The maximum Gasteiger partial charge on any atom is 0.342 e. The molecule has 8 nitrogen and oxygen atoms in total. The van der Waals surface area contributed by atoms with Crippen LogP contribution < -0.4 is 0 Å². The summed E-state index contributed by atoms with van der Waals surface area (Å²) < 4.78 is 0. The molecule has 0 radical (unpaired) electrons. The minimum Gasteiger partial charge on any atom is -0.481 e. The number of carboxylic acid groups (broad SMARTS) is 1. The van der Waals surface area contributed by atoms with Crippen molar-refractivity contribution in [3.8, 4) is 0 Å². The van der Waals surface area contributed by atoms with Crippen LogP contribution in [0.15, 0.2) is 6.07 Å². The van der Waals surface area contributed by atoms with Gasteiger partial charge in [-0.3, -0.25) is 4.79 Å². The van der Waals surface area contributed by atoms with Crippen molar-refractivity contribution in [1.82, 2.24) is 10.2 Å². The first-order chi connectivity index (χ1) is 6.50. The lowest BCUT2D eigenvalue weighted by atomic mass is 10.2. The Hall–Kier alpha value is -1.96. The number of aliphatic carboxylic acids is 1. The minimum atomic E-state index is -1.34. The summed E-state index contributed by atoms with van der Waals surface area (Å²) in [6, 6.07) is 0.994. The lowest BCUT2D eigenvalue weighted by molar-refractivity contribution is -0.389. The van der Waals surface area contributed by atoms with Gasteiger partial charge in [0.1, 0.15) is 11.8 Å². The predicted molar refractivity (Wildman–Crippen MR) is 42.5 cm³/mol. The van der Waals surface area contributed by atoms with Gasteiger partial charge < -0.3 is 20.3 Å². The van der Waals surface area contributed by atoms with Crippen LogP contribution in [0.2, 0.25) is 0 Å². The van der Waals surface area contributed by atoms with Crippen molar-refractivity contribution >= 4 is 11.8 Å². The van der Waals surface area contributed by atoms with Gasteiger partial charge >= 0.3 is 11.8 Å². The normalized spacial score (nSPS) is 12.4. The molecule has 0 amide bonds. The van der Waals surface area contributed by atoms with Crippen LogP contribution in [0.3, 0.4) is 0 Å². The van der Waals surface area contributed by atoms with E-state index in [1.807, 2.05) is 0 Å². The van der Waals surface area contributed by atoms with E-state index in [0.717, 1.165) is 6.07 Å². The molecular weight excluding hydrogens is 194 g/mol. The molecule has 0 aliphatic carbocycles. The molecule has 8 heteroatoms. The van der Waals surface area contributed by atoms with Gasteiger partial charge in [-0.15, -0.1) is 5.10 Å². The van der Waals surface area contributed by atoms with Crippen LogP contribution in [0.4, 0.5) is 5.82 Å². The summed E-state index contributed by atoms with van der Waals surface area (Å²) in [5.41, 5.74) is -0.0564. The third-order valence-electron chi connectivity index (χ3n) is 1.49. The number of aliphatic hydroxyl groups is 1. The fourth-order valence-corrected chi connectivity index (χ4v) is 0.861. The summed E-state index contributed by atoms with van der Waals surface area (Å²) in [5.74, 6) is -1.59. The molecule has 0 bridgehead atoms.